The summed E-state index contributed by atoms with van der Waals surface area (Å²) in [6.07, 6.45) is 0. The minimum atomic E-state index is -0.589. The van der Waals surface area contributed by atoms with Gasteiger partial charge in [-0.1, -0.05) is 72.8 Å². The molecule has 1 heterocycles. The van der Waals surface area contributed by atoms with Crippen LogP contribution >= 0.6 is 0 Å². The van der Waals surface area contributed by atoms with Crippen molar-refractivity contribution in [3.63, 3.8) is 0 Å². The third kappa shape index (κ3) is 4.56. The van der Waals surface area contributed by atoms with E-state index in [2.05, 4.69) is 10.9 Å². The summed E-state index contributed by atoms with van der Waals surface area (Å²) in [5, 5.41) is 0. The van der Waals surface area contributed by atoms with Crippen molar-refractivity contribution in [2.45, 2.75) is 5.92 Å². The lowest BCUT2D eigenvalue weighted by molar-refractivity contribution is -0.129. The summed E-state index contributed by atoms with van der Waals surface area (Å²) in [4.78, 5) is 39.1. The van der Waals surface area contributed by atoms with Gasteiger partial charge in [-0.2, -0.15) is 0 Å². The summed E-state index contributed by atoms with van der Waals surface area (Å²) in [6, 6.07) is 25.6. The Morgan fingerprint density at radius 1 is 0.839 bits per heavy atom. The largest absolute Gasteiger partial charge is 0.482 e. The third-order valence-corrected chi connectivity index (χ3v) is 4.96. The molecule has 156 valence electrons. The van der Waals surface area contributed by atoms with E-state index in [0.717, 1.165) is 11.1 Å². The Bertz CT molecular complexity index is 1050. The number of fused-ring (bicyclic) bond motifs is 1. The zero-order chi connectivity index (χ0) is 21.6. The minimum Gasteiger partial charge on any atom is -0.482 e. The van der Waals surface area contributed by atoms with Crippen LogP contribution in [-0.2, 0) is 14.4 Å². The highest BCUT2D eigenvalue weighted by Gasteiger charge is 2.28. The third-order valence-electron chi connectivity index (χ3n) is 4.96. The number of nitrogens with one attached hydrogen (secondary N) is 2. The van der Waals surface area contributed by atoms with Crippen molar-refractivity contribution in [2.75, 3.05) is 18.1 Å². The van der Waals surface area contributed by atoms with E-state index in [4.69, 9.17) is 4.74 Å². The maximum Gasteiger partial charge on any atom is 0.265 e. The number of para-hydroxylation sites is 2. The van der Waals surface area contributed by atoms with Gasteiger partial charge in [-0.15, -0.1) is 0 Å². The molecular weight excluding hydrogens is 394 g/mol. The van der Waals surface area contributed by atoms with Gasteiger partial charge >= 0.3 is 0 Å². The van der Waals surface area contributed by atoms with E-state index in [-0.39, 0.29) is 25.0 Å². The minimum absolute atomic E-state index is 0.138. The molecule has 1 aliphatic heterocycles. The standard InChI is InChI=1S/C24H21N3O4/c28-21(15-27-19-13-7-8-14-20(19)31-16-22(27)29)25-26-24(30)23(17-9-3-1-4-10-17)18-11-5-2-6-12-18/h1-14,23H,15-16H2,(H,25,28)(H,26,30). The number of carbonyl (C=O) groups is 3. The molecule has 0 radical (unpaired) electrons. The quantitative estimate of drug-likeness (QED) is 0.627. The molecule has 0 aliphatic carbocycles. The Hall–Kier alpha value is -4.13. The molecule has 0 saturated carbocycles. The molecule has 7 nitrogen and oxygen atoms in total. The predicted octanol–water partition coefficient (Wildman–Crippen LogP) is 2.39. The number of anilines is 1. The van der Waals surface area contributed by atoms with Crippen molar-refractivity contribution in [2.24, 2.45) is 0 Å². The van der Waals surface area contributed by atoms with Crippen LogP contribution in [0.3, 0.4) is 0 Å². The van der Waals surface area contributed by atoms with Crippen LogP contribution in [0.1, 0.15) is 17.0 Å². The SMILES string of the molecule is O=C(CN1C(=O)COc2ccccc21)NNC(=O)C(c1ccccc1)c1ccccc1. The molecule has 1 aliphatic rings. The van der Waals surface area contributed by atoms with Crippen LogP contribution in [-0.4, -0.2) is 30.9 Å². The molecule has 0 atom stereocenters. The van der Waals surface area contributed by atoms with Crippen LogP contribution in [0.2, 0.25) is 0 Å². The van der Waals surface area contributed by atoms with Gasteiger partial charge in [0.05, 0.1) is 11.6 Å². The van der Waals surface area contributed by atoms with Gasteiger partial charge < -0.3 is 4.74 Å². The topological polar surface area (TPSA) is 87.7 Å². The predicted molar refractivity (Wildman–Crippen MR) is 115 cm³/mol. The molecule has 0 bridgehead atoms. The number of hydrogen-bond acceptors (Lipinski definition) is 4. The molecule has 3 amide bonds. The second kappa shape index (κ2) is 9.13. The molecular formula is C24H21N3O4. The average molecular weight is 415 g/mol. The Morgan fingerprint density at radius 2 is 1.42 bits per heavy atom. The lowest BCUT2D eigenvalue weighted by Gasteiger charge is -2.28. The maximum absolute atomic E-state index is 13.0. The number of benzene rings is 3. The molecule has 3 aromatic rings. The second-order valence-corrected chi connectivity index (χ2v) is 7.03. The van der Waals surface area contributed by atoms with Crippen LogP contribution < -0.4 is 20.5 Å². The number of ether oxygens (including phenoxy) is 1. The number of carbonyl (C=O) groups excluding carboxylic acids is 3. The summed E-state index contributed by atoms with van der Waals surface area (Å²) < 4.78 is 5.38. The number of hydrogen-bond donors (Lipinski definition) is 2. The molecule has 31 heavy (non-hydrogen) atoms. The first kappa shape index (κ1) is 20.2. The van der Waals surface area contributed by atoms with Crippen LogP contribution in [0, 0.1) is 0 Å². The van der Waals surface area contributed by atoms with E-state index >= 15 is 0 Å². The van der Waals surface area contributed by atoms with Crippen molar-refractivity contribution in [3.05, 3.63) is 96.1 Å². The summed E-state index contributed by atoms with van der Waals surface area (Å²) >= 11 is 0. The van der Waals surface area contributed by atoms with E-state index in [1.807, 2.05) is 60.7 Å². The Labute approximate surface area is 179 Å². The Kier molecular flexibility index (Phi) is 5.93. The second-order valence-electron chi connectivity index (χ2n) is 7.03. The van der Waals surface area contributed by atoms with E-state index < -0.39 is 11.8 Å². The molecule has 0 aromatic heterocycles. The highest BCUT2D eigenvalue weighted by molar-refractivity contribution is 6.02. The molecule has 0 unspecified atom stereocenters. The molecule has 3 aromatic carbocycles. The number of rotatable bonds is 5. The van der Waals surface area contributed by atoms with Gasteiger partial charge in [0.15, 0.2) is 6.61 Å². The maximum atomic E-state index is 13.0. The normalized spacial score (nSPS) is 12.7. The zero-order valence-electron chi connectivity index (χ0n) is 16.7. The highest BCUT2D eigenvalue weighted by atomic mass is 16.5. The number of hydrazine groups is 1. The molecule has 0 saturated heterocycles. The number of nitrogens with zero attached hydrogens (tertiary/aromatic N) is 1. The summed E-state index contributed by atoms with van der Waals surface area (Å²) in [5.41, 5.74) is 7.06. The molecule has 7 heteroatoms. The Morgan fingerprint density at radius 3 is 2.06 bits per heavy atom. The first-order chi connectivity index (χ1) is 15.1. The van der Waals surface area contributed by atoms with Crippen LogP contribution in [0.15, 0.2) is 84.9 Å². The molecule has 2 N–H and O–H groups in total. The first-order valence-electron chi connectivity index (χ1n) is 9.84. The fraction of sp³-hybridized carbons (Fsp3) is 0.125. The van der Waals surface area contributed by atoms with Crippen molar-refractivity contribution in [1.82, 2.24) is 10.9 Å². The Balaban J connectivity index is 1.45. The fourth-order valence-electron chi connectivity index (χ4n) is 3.50. The monoisotopic (exact) mass is 415 g/mol. The van der Waals surface area contributed by atoms with Crippen LogP contribution in [0.5, 0.6) is 5.75 Å². The van der Waals surface area contributed by atoms with Crippen molar-refractivity contribution in [1.29, 1.82) is 0 Å². The van der Waals surface area contributed by atoms with E-state index in [9.17, 15) is 14.4 Å². The summed E-state index contributed by atoms with van der Waals surface area (Å²) in [5.74, 6) is -1.27. The van der Waals surface area contributed by atoms with Crippen LogP contribution in [0.25, 0.3) is 0 Å². The smallest absolute Gasteiger partial charge is 0.265 e. The molecule has 0 spiro atoms. The summed E-state index contributed by atoms with van der Waals surface area (Å²) in [6.45, 7) is -0.373. The van der Waals surface area contributed by atoms with Crippen molar-refractivity contribution >= 4 is 23.4 Å². The molecule has 0 fully saturated rings. The number of amides is 3. The van der Waals surface area contributed by atoms with Gasteiger partial charge in [-0.3, -0.25) is 30.1 Å². The lowest BCUT2D eigenvalue weighted by atomic mass is 9.91. The first-order valence-corrected chi connectivity index (χ1v) is 9.84. The highest BCUT2D eigenvalue weighted by Crippen LogP contribution is 2.31. The van der Waals surface area contributed by atoms with Gasteiger partial charge in [-0.05, 0) is 23.3 Å². The average Bonchev–Trinajstić information content (AvgIpc) is 2.81. The van der Waals surface area contributed by atoms with E-state index in [1.54, 1.807) is 24.3 Å². The van der Waals surface area contributed by atoms with Crippen LogP contribution in [0.4, 0.5) is 5.69 Å². The van der Waals surface area contributed by atoms with E-state index in [0.29, 0.717) is 11.4 Å². The van der Waals surface area contributed by atoms with Crippen molar-refractivity contribution in [3.8, 4) is 5.75 Å². The van der Waals surface area contributed by atoms with Crippen molar-refractivity contribution < 1.29 is 19.1 Å². The van der Waals surface area contributed by atoms with E-state index in [1.165, 1.54) is 4.90 Å². The fourth-order valence-corrected chi connectivity index (χ4v) is 3.50. The van der Waals surface area contributed by atoms with Gasteiger partial charge in [-0.25, -0.2) is 0 Å². The van der Waals surface area contributed by atoms with Gasteiger partial charge in [0.25, 0.3) is 11.8 Å². The van der Waals surface area contributed by atoms with Gasteiger partial charge in [0.1, 0.15) is 12.3 Å². The lowest BCUT2D eigenvalue weighted by Crippen LogP contribution is -2.50. The van der Waals surface area contributed by atoms with Gasteiger partial charge in [0, 0.05) is 0 Å². The zero-order valence-corrected chi connectivity index (χ0v) is 16.7. The molecule has 4 rings (SSSR count). The van der Waals surface area contributed by atoms with Gasteiger partial charge in [0.2, 0.25) is 5.91 Å². The summed E-state index contributed by atoms with van der Waals surface area (Å²) in [7, 11) is 0.